The molecule has 0 amide bonds. The third-order valence-corrected chi connectivity index (χ3v) is 2.30. The molecule has 4 heteroatoms. The summed E-state index contributed by atoms with van der Waals surface area (Å²) in [5.41, 5.74) is 1.22. The lowest BCUT2D eigenvalue weighted by Gasteiger charge is -2.12. The average Bonchev–Trinajstić information content (AvgIpc) is 2.26. The van der Waals surface area contributed by atoms with Crippen LogP contribution < -0.4 is 5.32 Å². The summed E-state index contributed by atoms with van der Waals surface area (Å²) in [6.07, 6.45) is 1.08. The van der Waals surface area contributed by atoms with E-state index in [0.717, 1.165) is 18.5 Å². The Morgan fingerprint density at radius 2 is 2.00 bits per heavy atom. The first-order valence-electron chi connectivity index (χ1n) is 5.13. The maximum Gasteiger partial charge on any atom is 0.269 e. The highest BCUT2D eigenvalue weighted by molar-refractivity contribution is 5.33. The highest BCUT2D eigenvalue weighted by Gasteiger charge is 2.07. The number of non-ortho nitro benzene ring substituents is 1. The van der Waals surface area contributed by atoms with Gasteiger partial charge in [-0.1, -0.05) is 19.1 Å². The van der Waals surface area contributed by atoms with Gasteiger partial charge >= 0.3 is 0 Å². The molecule has 0 radical (unpaired) electrons. The zero-order valence-corrected chi connectivity index (χ0v) is 9.06. The Bertz CT molecular complexity index is 322. The Labute approximate surface area is 89.5 Å². The zero-order chi connectivity index (χ0) is 11.3. The van der Waals surface area contributed by atoms with Crippen LogP contribution in [-0.2, 0) is 0 Å². The van der Waals surface area contributed by atoms with Gasteiger partial charge in [0, 0.05) is 18.2 Å². The lowest BCUT2D eigenvalue weighted by molar-refractivity contribution is -0.384. The lowest BCUT2D eigenvalue weighted by atomic mass is 10.1. The highest BCUT2D eigenvalue weighted by atomic mass is 16.6. The highest BCUT2D eigenvalue weighted by Crippen LogP contribution is 2.17. The van der Waals surface area contributed by atoms with Crippen molar-refractivity contribution >= 4 is 5.69 Å². The van der Waals surface area contributed by atoms with Crippen LogP contribution in [0.3, 0.4) is 0 Å². The summed E-state index contributed by atoms with van der Waals surface area (Å²) in [6.45, 7) is 5.12. The largest absolute Gasteiger partial charge is 0.310 e. The Hall–Kier alpha value is -1.42. The number of hydrogen-bond donors (Lipinski definition) is 1. The molecule has 0 aliphatic heterocycles. The van der Waals surface area contributed by atoms with Crippen LogP contribution in [0.15, 0.2) is 24.3 Å². The second kappa shape index (κ2) is 5.46. The lowest BCUT2D eigenvalue weighted by Crippen LogP contribution is -2.19. The van der Waals surface area contributed by atoms with Crippen molar-refractivity contribution in [1.29, 1.82) is 0 Å². The van der Waals surface area contributed by atoms with Gasteiger partial charge < -0.3 is 5.32 Å². The molecule has 0 fully saturated rings. The van der Waals surface area contributed by atoms with Gasteiger partial charge in [0.2, 0.25) is 0 Å². The average molecular weight is 208 g/mol. The maximum absolute atomic E-state index is 10.4. The second-order valence-electron chi connectivity index (χ2n) is 3.52. The number of rotatable bonds is 5. The van der Waals surface area contributed by atoms with E-state index in [9.17, 15) is 10.1 Å². The summed E-state index contributed by atoms with van der Waals surface area (Å²) in [6, 6.07) is 6.92. The van der Waals surface area contributed by atoms with Crippen molar-refractivity contribution in [2.45, 2.75) is 26.3 Å². The maximum atomic E-state index is 10.4. The van der Waals surface area contributed by atoms with Gasteiger partial charge in [0.15, 0.2) is 0 Å². The van der Waals surface area contributed by atoms with Gasteiger partial charge in [-0.2, -0.15) is 0 Å². The number of nitrogens with one attached hydrogen (secondary N) is 1. The van der Waals surface area contributed by atoms with Gasteiger partial charge in [-0.15, -0.1) is 0 Å². The first kappa shape index (κ1) is 11.7. The van der Waals surface area contributed by atoms with Gasteiger partial charge in [0.25, 0.3) is 5.69 Å². The van der Waals surface area contributed by atoms with E-state index in [1.165, 1.54) is 0 Å². The molecule has 0 aliphatic carbocycles. The molecule has 0 saturated carbocycles. The fraction of sp³-hybridized carbons (Fsp3) is 0.455. The monoisotopic (exact) mass is 208 g/mol. The van der Waals surface area contributed by atoms with Gasteiger partial charge in [0.05, 0.1) is 4.92 Å². The van der Waals surface area contributed by atoms with Crippen molar-refractivity contribution in [3.8, 4) is 0 Å². The predicted octanol–water partition coefficient (Wildman–Crippen LogP) is 2.66. The molecule has 82 valence electrons. The summed E-state index contributed by atoms with van der Waals surface area (Å²) in [4.78, 5) is 10.1. The Kier molecular flexibility index (Phi) is 4.24. The van der Waals surface area contributed by atoms with E-state index in [4.69, 9.17) is 0 Å². The molecular weight excluding hydrogens is 192 g/mol. The van der Waals surface area contributed by atoms with Crippen molar-refractivity contribution in [1.82, 2.24) is 5.32 Å². The second-order valence-corrected chi connectivity index (χ2v) is 3.52. The molecule has 1 N–H and O–H groups in total. The molecule has 0 aromatic heterocycles. The van der Waals surface area contributed by atoms with E-state index in [-0.39, 0.29) is 16.7 Å². The first-order chi connectivity index (χ1) is 7.15. The molecule has 15 heavy (non-hydrogen) atoms. The topological polar surface area (TPSA) is 55.2 Å². The molecule has 1 aromatic rings. The Morgan fingerprint density at radius 1 is 1.40 bits per heavy atom. The summed E-state index contributed by atoms with van der Waals surface area (Å²) >= 11 is 0. The van der Waals surface area contributed by atoms with Crippen LogP contribution in [0.4, 0.5) is 5.69 Å². The molecule has 0 bridgehead atoms. The summed E-state index contributed by atoms with van der Waals surface area (Å²) in [7, 11) is 0. The molecule has 0 saturated heterocycles. The molecule has 1 aromatic carbocycles. The third kappa shape index (κ3) is 3.32. The standard InChI is InChI=1S/C11H16N2O2/c1-3-8-12-9(2)10-4-6-11(7-5-10)13(14)15/h4-7,9,12H,3,8H2,1-2H3. The number of nitro benzene ring substituents is 1. The number of hydrogen-bond acceptors (Lipinski definition) is 3. The minimum Gasteiger partial charge on any atom is -0.310 e. The summed E-state index contributed by atoms with van der Waals surface area (Å²) in [5.74, 6) is 0. The number of nitrogens with zero attached hydrogens (tertiary/aromatic N) is 1. The SMILES string of the molecule is CCCNC(C)c1ccc([N+](=O)[O-])cc1. The quantitative estimate of drug-likeness (QED) is 0.597. The fourth-order valence-corrected chi connectivity index (χ4v) is 1.36. The van der Waals surface area contributed by atoms with Crippen LogP contribution in [0, 0.1) is 10.1 Å². The third-order valence-electron chi connectivity index (χ3n) is 2.30. The van der Waals surface area contributed by atoms with Gasteiger partial charge in [-0.3, -0.25) is 10.1 Å². The zero-order valence-electron chi connectivity index (χ0n) is 9.06. The van der Waals surface area contributed by atoms with E-state index in [2.05, 4.69) is 19.2 Å². The van der Waals surface area contributed by atoms with Crippen molar-refractivity contribution in [2.75, 3.05) is 6.54 Å². The predicted molar refractivity (Wildman–Crippen MR) is 59.8 cm³/mol. The van der Waals surface area contributed by atoms with Crippen LogP contribution in [-0.4, -0.2) is 11.5 Å². The van der Waals surface area contributed by atoms with Crippen molar-refractivity contribution < 1.29 is 4.92 Å². The molecule has 0 aliphatic rings. The molecular formula is C11H16N2O2. The number of benzene rings is 1. The van der Waals surface area contributed by atoms with E-state index in [0.29, 0.717) is 0 Å². The van der Waals surface area contributed by atoms with E-state index >= 15 is 0 Å². The van der Waals surface area contributed by atoms with Crippen LogP contribution >= 0.6 is 0 Å². The molecule has 0 spiro atoms. The van der Waals surface area contributed by atoms with Crippen LogP contribution in [0.5, 0.6) is 0 Å². The van der Waals surface area contributed by atoms with E-state index in [1.807, 2.05) is 0 Å². The van der Waals surface area contributed by atoms with Crippen LogP contribution in [0.2, 0.25) is 0 Å². The van der Waals surface area contributed by atoms with E-state index in [1.54, 1.807) is 24.3 Å². The smallest absolute Gasteiger partial charge is 0.269 e. The van der Waals surface area contributed by atoms with Crippen LogP contribution in [0.25, 0.3) is 0 Å². The first-order valence-corrected chi connectivity index (χ1v) is 5.13. The van der Waals surface area contributed by atoms with Gasteiger partial charge in [-0.05, 0) is 25.5 Å². The summed E-state index contributed by atoms with van der Waals surface area (Å²) < 4.78 is 0. The minimum absolute atomic E-state index is 0.140. The van der Waals surface area contributed by atoms with Crippen molar-refractivity contribution in [2.24, 2.45) is 0 Å². The van der Waals surface area contributed by atoms with Crippen molar-refractivity contribution in [3.05, 3.63) is 39.9 Å². The van der Waals surface area contributed by atoms with Crippen molar-refractivity contribution in [3.63, 3.8) is 0 Å². The molecule has 4 nitrogen and oxygen atoms in total. The van der Waals surface area contributed by atoms with Gasteiger partial charge in [0.1, 0.15) is 0 Å². The molecule has 1 rings (SSSR count). The molecule has 1 unspecified atom stereocenters. The molecule has 0 heterocycles. The fourth-order valence-electron chi connectivity index (χ4n) is 1.36. The van der Waals surface area contributed by atoms with E-state index < -0.39 is 0 Å². The summed E-state index contributed by atoms with van der Waals surface area (Å²) in [5, 5.41) is 13.8. The number of nitro groups is 1. The Morgan fingerprint density at radius 3 is 2.47 bits per heavy atom. The minimum atomic E-state index is -0.381. The van der Waals surface area contributed by atoms with Crippen LogP contribution in [0.1, 0.15) is 31.9 Å². The molecule has 1 atom stereocenters. The van der Waals surface area contributed by atoms with Gasteiger partial charge in [-0.25, -0.2) is 0 Å². The Balaban J connectivity index is 2.66. The normalized spacial score (nSPS) is 12.4.